The molecular formula is C45H56N4O7. The third-order valence-corrected chi connectivity index (χ3v) is 9.44. The number of nitrogens with one attached hydrogen (secondary N) is 4. The molecule has 0 aliphatic heterocycles. The number of aliphatic hydroxyl groups is 1. The molecule has 0 radical (unpaired) electrons. The highest BCUT2D eigenvalue weighted by Crippen LogP contribution is 2.17. The van der Waals surface area contributed by atoms with Crippen molar-refractivity contribution in [2.75, 3.05) is 0 Å². The summed E-state index contributed by atoms with van der Waals surface area (Å²) < 4.78 is 10.8. The van der Waals surface area contributed by atoms with Gasteiger partial charge in [-0.2, -0.15) is 0 Å². The first-order valence-corrected chi connectivity index (χ1v) is 19.3. The quantitative estimate of drug-likeness (QED) is 0.0690. The van der Waals surface area contributed by atoms with Crippen LogP contribution in [0.15, 0.2) is 121 Å². The fraction of sp³-hybridized carbons (Fsp3) is 0.378. The van der Waals surface area contributed by atoms with Crippen LogP contribution in [0.5, 0.6) is 0 Å². The largest absolute Gasteiger partial charge is 0.445 e. The summed E-state index contributed by atoms with van der Waals surface area (Å²) in [6, 6.07) is 34.9. The van der Waals surface area contributed by atoms with Crippen LogP contribution in [-0.2, 0) is 45.1 Å². The summed E-state index contributed by atoms with van der Waals surface area (Å²) >= 11 is 0. The molecule has 0 saturated heterocycles. The first-order chi connectivity index (χ1) is 27.0. The molecule has 0 aromatic heterocycles. The second-order valence-corrected chi connectivity index (χ2v) is 14.7. The van der Waals surface area contributed by atoms with Gasteiger partial charge in [-0.3, -0.25) is 9.59 Å². The van der Waals surface area contributed by atoms with Crippen molar-refractivity contribution < 1.29 is 33.8 Å². The molecule has 0 aliphatic carbocycles. The highest BCUT2D eigenvalue weighted by molar-refractivity contribution is 5.86. The summed E-state index contributed by atoms with van der Waals surface area (Å²) in [7, 11) is 0. The Morgan fingerprint density at radius 3 is 1.29 bits per heavy atom. The normalized spacial score (nSPS) is 13.8. The first-order valence-electron chi connectivity index (χ1n) is 19.3. The zero-order valence-corrected chi connectivity index (χ0v) is 32.7. The lowest BCUT2D eigenvalue weighted by Crippen LogP contribution is -2.55. The van der Waals surface area contributed by atoms with Crippen molar-refractivity contribution in [2.45, 2.75) is 96.9 Å². The fourth-order valence-electron chi connectivity index (χ4n) is 6.27. The van der Waals surface area contributed by atoms with Gasteiger partial charge in [0.15, 0.2) is 0 Å². The Labute approximate surface area is 330 Å². The van der Waals surface area contributed by atoms with Crippen LogP contribution in [0.4, 0.5) is 9.59 Å². The molecular weight excluding hydrogens is 709 g/mol. The number of hydrogen-bond donors (Lipinski definition) is 5. The minimum absolute atomic E-state index is 0.0570. The summed E-state index contributed by atoms with van der Waals surface area (Å²) in [6.45, 7) is 7.46. The average Bonchev–Trinajstić information content (AvgIpc) is 3.20. The molecule has 56 heavy (non-hydrogen) atoms. The molecule has 5 N–H and O–H groups in total. The van der Waals surface area contributed by atoms with Gasteiger partial charge in [-0.15, -0.1) is 0 Å². The zero-order chi connectivity index (χ0) is 40.3. The van der Waals surface area contributed by atoms with E-state index in [4.69, 9.17) is 9.47 Å². The smallest absolute Gasteiger partial charge is 0.408 e. The molecule has 298 valence electrons. The maximum atomic E-state index is 13.8. The molecule has 5 atom stereocenters. The molecule has 4 rings (SSSR count). The van der Waals surface area contributed by atoms with E-state index in [0.29, 0.717) is 19.3 Å². The van der Waals surface area contributed by atoms with E-state index in [0.717, 1.165) is 22.3 Å². The monoisotopic (exact) mass is 764 g/mol. The number of ether oxygens (including phenoxy) is 2. The molecule has 0 saturated carbocycles. The minimum Gasteiger partial charge on any atom is -0.445 e. The van der Waals surface area contributed by atoms with Crippen LogP contribution in [0.25, 0.3) is 0 Å². The van der Waals surface area contributed by atoms with Crippen LogP contribution in [-0.4, -0.2) is 59.4 Å². The molecule has 2 unspecified atom stereocenters. The maximum absolute atomic E-state index is 13.8. The van der Waals surface area contributed by atoms with E-state index >= 15 is 0 Å². The van der Waals surface area contributed by atoms with E-state index in [1.165, 1.54) is 0 Å². The molecule has 0 fully saturated rings. The predicted molar refractivity (Wildman–Crippen MR) is 216 cm³/mol. The van der Waals surface area contributed by atoms with Crippen LogP contribution < -0.4 is 21.3 Å². The second kappa shape index (κ2) is 22.6. The van der Waals surface area contributed by atoms with Gasteiger partial charge in [-0.25, -0.2) is 9.59 Å². The van der Waals surface area contributed by atoms with Gasteiger partial charge in [0.05, 0.1) is 12.1 Å². The van der Waals surface area contributed by atoms with Gasteiger partial charge < -0.3 is 35.8 Å². The third kappa shape index (κ3) is 14.9. The van der Waals surface area contributed by atoms with Gasteiger partial charge in [-0.1, -0.05) is 149 Å². The Hall–Kier alpha value is -5.68. The molecule has 11 nitrogen and oxygen atoms in total. The molecule has 0 bridgehead atoms. The van der Waals surface area contributed by atoms with E-state index in [2.05, 4.69) is 21.3 Å². The standard InChI is InChI=1S/C45H56N4O7/c1-31(2)40(48-44(53)55-29-35-21-13-7-14-22-35)42(51)46-37(27-33-17-9-5-10-18-33)25-26-39(50)38(28-34-19-11-6-12-20-34)47-43(52)41(32(3)4)49-45(54)56-30-36-23-15-8-16-24-36/h5-24,31-32,37-41,50H,25-30H2,1-4H3,(H,46,51)(H,47,52)(H,48,53)(H,49,54)/t37-,38+,39-,40?,41?/m1/s1. The van der Waals surface area contributed by atoms with Gasteiger partial charge >= 0.3 is 12.2 Å². The lowest BCUT2D eigenvalue weighted by Gasteiger charge is -2.30. The topological polar surface area (TPSA) is 155 Å². The van der Waals surface area contributed by atoms with Crippen molar-refractivity contribution in [3.05, 3.63) is 144 Å². The number of carbonyl (C=O) groups excluding carboxylic acids is 4. The first kappa shape index (κ1) is 43.1. The van der Waals surface area contributed by atoms with Gasteiger partial charge in [0.2, 0.25) is 11.8 Å². The van der Waals surface area contributed by atoms with Crippen molar-refractivity contribution in [3.63, 3.8) is 0 Å². The summed E-state index contributed by atoms with van der Waals surface area (Å²) in [5, 5.41) is 23.3. The van der Waals surface area contributed by atoms with E-state index in [9.17, 15) is 24.3 Å². The maximum Gasteiger partial charge on any atom is 0.408 e. The van der Waals surface area contributed by atoms with Gasteiger partial charge in [0.1, 0.15) is 25.3 Å². The Bertz CT molecular complexity index is 1780. The number of amides is 4. The van der Waals surface area contributed by atoms with Crippen molar-refractivity contribution in [3.8, 4) is 0 Å². The number of carbonyl (C=O) groups is 4. The number of alkyl carbamates (subject to hydrolysis) is 2. The predicted octanol–water partition coefficient (Wildman–Crippen LogP) is 6.48. The lowest BCUT2D eigenvalue weighted by molar-refractivity contribution is -0.125. The SMILES string of the molecule is CC(C)C(NC(=O)OCc1ccccc1)C(=O)N[C@H](CC[C@@H](O)[C@H](Cc1ccccc1)NC(=O)C(NC(=O)OCc1ccccc1)C(C)C)Cc1ccccc1. The van der Waals surface area contributed by atoms with Gasteiger partial charge in [-0.05, 0) is 59.8 Å². The van der Waals surface area contributed by atoms with Gasteiger partial charge in [0.25, 0.3) is 0 Å². The average molecular weight is 765 g/mol. The Balaban J connectivity index is 1.44. The molecule has 11 heteroatoms. The summed E-state index contributed by atoms with van der Waals surface area (Å²) in [5.74, 6) is -1.34. The van der Waals surface area contributed by atoms with Crippen LogP contribution in [0.2, 0.25) is 0 Å². The molecule has 4 aromatic carbocycles. The Kier molecular flexibility index (Phi) is 17.4. The molecule has 0 spiro atoms. The van der Waals surface area contributed by atoms with Crippen LogP contribution in [0, 0.1) is 11.8 Å². The molecule has 0 aliphatic rings. The van der Waals surface area contributed by atoms with Crippen molar-refractivity contribution >= 4 is 24.0 Å². The summed E-state index contributed by atoms with van der Waals surface area (Å²) in [6.07, 6.45) is -1.03. The van der Waals surface area contributed by atoms with E-state index in [-0.39, 0.29) is 37.4 Å². The molecule has 4 aromatic rings. The van der Waals surface area contributed by atoms with Crippen molar-refractivity contribution in [2.24, 2.45) is 11.8 Å². The second-order valence-electron chi connectivity index (χ2n) is 14.7. The number of hydrogen-bond acceptors (Lipinski definition) is 7. The zero-order valence-electron chi connectivity index (χ0n) is 32.7. The van der Waals surface area contributed by atoms with E-state index in [1.54, 1.807) is 0 Å². The Morgan fingerprint density at radius 1 is 0.500 bits per heavy atom. The summed E-state index contributed by atoms with van der Waals surface area (Å²) in [4.78, 5) is 53.1. The third-order valence-electron chi connectivity index (χ3n) is 9.44. The molecule has 4 amide bonds. The highest BCUT2D eigenvalue weighted by Gasteiger charge is 2.31. The van der Waals surface area contributed by atoms with E-state index in [1.807, 2.05) is 149 Å². The number of benzene rings is 4. The minimum atomic E-state index is -1.01. The number of rotatable bonds is 20. The number of aliphatic hydroxyl groups excluding tert-OH is 1. The van der Waals surface area contributed by atoms with Crippen molar-refractivity contribution in [1.29, 1.82) is 0 Å². The van der Waals surface area contributed by atoms with Crippen LogP contribution in [0.3, 0.4) is 0 Å². The van der Waals surface area contributed by atoms with Crippen LogP contribution >= 0.6 is 0 Å². The van der Waals surface area contributed by atoms with E-state index < -0.39 is 48.4 Å². The molecule has 0 heterocycles. The highest BCUT2D eigenvalue weighted by atomic mass is 16.6. The van der Waals surface area contributed by atoms with Crippen LogP contribution in [0.1, 0.15) is 62.8 Å². The Morgan fingerprint density at radius 2 is 0.875 bits per heavy atom. The van der Waals surface area contributed by atoms with Gasteiger partial charge in [0, 0.05) is 6.04 Å². The summed E-state index contributed by atoms with van der Waals surface area (Å²) in [5.41, 5.74) is 3.54. The lowest BCUT2D eigenvalue weighted by atomic mass is 9.93. The fourth-order valence-corrected chi connectivity index (χ4v) is 6.27. The van der Waals surface area contributed by atoms with Crippen molar-refractivity contribution in [1.82, 2.24) is 21.3 Å².